The van der Waals surface area contributed by atoms with E-state index in [4.69, 9.17) is 24.5 Å². The van der Waals surface area contributed by atoms with E-state index in [1.54, 1.807) is 6.92 Å². The Morgan fingerprint density at radius 1 is 1.10 bits per heavy atom. The zero-order chi connectivity index (χ0) is 22.5. The summed E-state index contributed by atoms with van der Waals surface area (Å²) in [5.74, 6) is 0.288. The van der Waals surface area contributed by atoms with E-state index in [9.17, 15) is 14.9 Å². The van der Waals surface area contributed by atoms with E-state index in [1.165, 1.54) is 11.8 Å². The van der Waals surface area contributed by atoms with Crippen LogP contribution in [0.15, 0.2) is 5.11 Å². The Hall–Kier alpha value is -1.48. The molecule has 0 aromatic heterocycles. The molecule has 0 saturated heterocycles. The van der Waals surface area contributed by atoms with Crippen LogP contribution in [-0.2, 0) is 23.7 Å². The van der Waals surface area contributed by atoms with Gasteiger partial charge in [0.2, 0.25) is 4.45 Å². The number of azide groups is 1. The lowest BCUT2D eigenvalue weighted by Crippen LogP contribution is -2.22. The first-order chi connectivity index (χ1) is 14.5. The number of hydrogen-bond acceptors (Lipinski definition) is 10. The third kappa shape index (κ3) is 17.4. The SMILES string of the molecule is CCCSC(=O)SC(C)(C#N)CCC(=O)OCCOCCOCCOCCN=[N+]=[N-]. The summed E-state index contributed by atoms with van der Waals surface area (Å²) in [7, 11) is 0. The van der Waals surface area contributed by atoms with Gasteiger partial charge in [-0.1, -0.05) is 35.6 Å². The number of nitrogens with zero attached hydrogens (tertiary/aromatic N) is 4. The summed E-state index contributed by atoms with van der Waals surface area (Å²) >= 11 is 2.16. The molecule has 0 spiro atoms. The number of hydrogen-bond donors (Lipinski definition) is 0. The van der Waals surface area contributed by atoms with E-state index < -0.39 is 10.7 Å². The fourth-order valence-electron chi connectivity index (χ4n) is 1.85. The molecule has 0 aromatic carbocycles. The first kappa shape index (κ1) is 28.5. The van der Waals surface area contributed by atoms with Gasteiger partial charge in [-0.05, 0) is 25.3 Å². The van der Waals surface area contributed by atoms with Crippen LogP contribution < -0.4 is 0 Å². The molecule has 0 aliphatic carbocycles. The van der Waals surface area contributed by atoms with Crippen LogP contribution in [0.1, 0.15) is 33.1 Å². The Morgan fingerprint density at radius 3 is 2.27 bits per heavy atom. The van der Waals surface area contributed by atoms with Gasteiger partial charge in [-0.2, -0.15) is 5.26 Å². The van der Waals surface area contributed by atoms with Crippen molar-refractivity contribution in [1.82, 2.24) is 0 Å². The summed E-state index contributed by atoms with van der Waals surface area (Å²) in [6.07, 6.45) is 1.19. The highest BCUT2D eigenvalue weighted by atomic mass is 32.2. The second kappa shape index (κ2) is 19.5. The molecule has 0 heterocycles. The van der Waals surface area contributed by atoms with Gasteiger partial charge in [-0.3, -0.25) is 9.59 Å². The summed E-state index contributed by atoms with van der Waals surface area (Å²) < 4.78 is 19.8. The van der Waals surface area contributed by atoms with Crippen molar-refractivity contribution in [2.75, 3.05) is 58.5 Å². The van der Waals surface area contributed by atoms with Gasteiger partial charge in [0.05, 0.1) is 45.7 Å². The largest absolute Gasteiger partial charge is 0.463 e. The molecular formula is C18H30N4O6S2. The van der Waals surface area contributed by atoms with Crippen LogP contribution in [-0.4, -0.2) is 73.7 Å². The van der Waals surface area contributed by atoms with Gasteiger partial charge in [0, 0.05) is 23.6 Å². The van der Waals surface area contributed by atoms with Crippen molar-refractivity contribution in [3.05, 3.63) is 10.4 Å². The Bertz CT molecular complexity index is 584. The topological polar surface area (TPSA) is 144 Å². The van der Waals surface area contributed by atoms with Crippen molar-refractivity contribution >= 4 is 33.9 Å². The molecular weight excluding hydrogens is 432 g/mol. The Balaban J connectivity index is 3.67. The quantitative estimate of drug-likeness (QED) is 0.0971. The molecule has 30 heavy (non-hydrogen) atoms. The summed E-state index contributed by atoms with van der Waals surface area (Å²) in [5, 5.41) is 12.7. The van der Waals surface area contributed by atoms with E-state index in [-0.39, 0.29) is 30.5 Å². The van der Waals surface area contributed by atoms with Crippen LogP contribution in [0.2, 0.25) is 0 Å². The smallest absolute Gasteiger partial charge is 0.305 e. The molecule has 0 aromatic rings. The minimum absolute atomic E-state index is 0.0611. The Morgan fingerprint density at radius 2 is 1.70 bits per heavy atom. The number of thioether (sulfide) groups is 2. The van der Waals surface area contributed by atoms with Crippen molar-refractivity contribution < 1.29 is 28.5 Å². The van der Waals surface area contributed by atoms with Crippen LogP contribution in [0.4, 0.5) is 4.79 Å². The maximum atomic E-state index is 11.8. The third-order valence-corrected chi connectivity index (χ3v) is 5.77. The third-order valence-electron chi connectivity index (χ3n) is 3.41. The van der Waals surface area contributed by atoms with E-state index >= 15 is 0 Å². The average Bonchev–Trinajstić information content (AvgIpc) is 2.74. The molecule has 0 aliphatic rings. The minimum Gasteiger partial charge on any atom is -0.463 e. The summed E-state index contributed by atoms with van der Waals surface area (Å²) in [5.41, 5.74) is 8.09. The molecule has 0 N–H and O–H groups in total. The zero-order valence-electron chi connectivity index (χ0n) is 17.5. The molecule has 12 heteroatoms. The second-order valence-electron chi connectivity index (χ2n) is 6.06. The standard InChI is InChI=1S/C18H30N4O6S2/c1-3-14-29-17(24)30-18(2,15-19)5-4-16(23)28-13-12-27-11-10-26-9-8-25-7-6-21-22-20/h3-14H2,1-2H3. The molecule has 1 atom stereocenters. The van der Waals surface area contributed by atoms with Gasteiger partial charge in [-0.15, -0.1) is 0 Å². The summed E-state index contributed by atoms with van der Waals surface area (Å²) in [4.78, 5) is 26.3. The van der Waals surface area contributed by atoms with Crippen LogP contribution in [0, 0.1) is 11.3 Å². The maximum absolute atomic E-state index is 11.8. The van der Waals surface area contributed by atoms with E-state index in [1.807, 2.05) is 6.92 Å². The predicted octanol–water partition coefficient (Wildman–Crippen LogP) is 3.95. The van der Waals surface area contributed by atoms with Gasteiger partial charge >= 0.3 is 5.97 Å². The molecule has 0 aliphatic heterocycles. The molecule has 170 valence electrons. The molecule has 0 fully saturated rings. The number of nitriles is 1. The lowest BCUT2D eigenvalue weighted by Gasteiger charge is -2.18. The van der Waals surface area contributed by atoms with Gasteiger partial charge in [0.15, 0.2) is 0 Å². The molecule has 0 radical (unpaired) electrons. The normalized spacial score (nSPS) is 12.4. The average molecular weight is 463 g/mol. The van der Waals surface area contributed by atoms with E-state index in [0.717, 1.165) is 18.2 Å². The van der Waals surface area contributed by atoms with Crippen molar-refractivity contribution in [2.45, 2.75) is 37.9 Å². The molecule has 0 rings (SSSR count). The lowest BCUT2D eigenvalue weighted by atomic mass is 10.1. The van der Waals surface area contributed by atoms with Gasteiger partial charge in [-0.25, -0.2) is 0 Å². The Kier molecular flexibility index (Phi) is 18.5. The maximum Gasteiger partial charge on any atom is 0.305 e. The highest BCUT2D eigenvalue weighted by molar-refractivity contribution is 8.39. The Labute approximate surface area is 185 Å². The molecule has 0 bridgehead atoms. The predicted molar refractivity (Wildman–Crippen MR) is 116 cm³/mol. The van der Waals surface area contributed by atoms with Crippen LogP contribution in [0.25, 0.3) is 10.4 Å². The molecule has 1 unspecified atom stereocenters. The van der Waals surface area contributed by atoms with Crippen molar-refractivity contribution in [3.8, 4) is 6.07 Å². The van der Waals surface area contributed by atoms with E-state index in [0.29, 0.717) is 45.3 Å². The summed E-state index contributed by atoms with van der Waals surface area (Å²) in [6, 6.07) is 2.11. The zero-order valence-corrected chi connectivity index (χ0v) is 19.2. The van der Waals surface area contributed by atoms with Crippen molar-refractivity contribution in [3.63, 3.8) is 0 Å². The van der Waals surface area contributed by atoms with Crippen LogP contribution >= 0.6 is 23.5 Å². The lowest BCUT2D eigenvalue weighted by molar-refractivity contribution is -0.145. The summed E-state index contributed by atoms with van der Waals surface area (Å²) in [6.45, 7) is 6.20. The molecule has 10 nitrogen and oxygen atoms in total. The number of rotatable bonds is 18. The monoisotopic (exact) mass is 462 g/mol. The fourth-order valence-corrected chi connectivity index (χ4v) is 3.87. The van der Waals surface area contributed by atoms with Gasteiger partial charge in [0.25, 0.3) is 0 Å². The highest BCUT2D eigenvalue weighted by Crippen LogP contribution is 2.34. The number of carbonyl (C=O) groups is 2. The van der Waals surface area contributed by atoms with Gasteiger partial charge in [0.1, 0.15) is 11.4 Å². The van der Waals surface area contributed by atoms with Crippen LogP contribution in [0.5, 0.6) is 0 Å². The second-order valence-corrected chi connectivity index (χ2v) is 8.86. The van der Waals surface area contributed by atoms with Crippen LogP contribution in [0.3, 0.4) is 0 Å². The van der Waals surface area contributed by atoms with Gasteiger partial charge < -0.3 is 18.9 Å². The number of esters is 1. The first-order valence-corrected chi connectivity index (χ1v) is 11.4. The fraction of sp³-hybridized carbons (Fsp3) is 0.833. The number of ether oxygens (including phenoxy) is 4. The highest BCUT2D eigenvalue weighted by Gasteiger charge is 2.29. The van der Waals surface area contributed by atoms with Crippen molar-refractivity contribution in [2.24, 2.45) is 5.11 Å². The molecule has 0 amide bonds. The van der Waals surface area contributed by atoms with Crippen molar-refractivity contribution in [1.29, 1.82) is 5.26 Å². The molecule has 0 saturated carbocycles. The minimum atomic E-state index is -0.947. The first-order valence-electron chi connectivity index (χ1n) is 9.64. The van der Waals surface area contributed by atoms with E-state index in [2.05, 4.69) is 16.1 Å². The number of carbonyl (C=O) groups excluding carboxylic acids is 2.